The predicted molar refractivity (Wildman–Crippen MR) is 119 cm³/mol. The zero-order valence-electron chi connectivity index (χ0n) is 16.7. The Balaban J connectivity index is 0.00000364. The van der Waals surface area contributed by atoms with Crippen molar-refractivity contribution in [1.29, 1.82) is 0 Å². The SMILES string of the molecule is CCC(C)NC(=NCC(C)(O)CN1CCOCC1)NCCc1ccco1.I. The second kappa shape index (κ2) is 12.6. The summed E-state index contributed by atoms with van der Waals surface area (Å²) in [6.45, 7) is 10.9. The van der Waals surface area contributed by atoms with E-state index in [1.54, 1.807) is 6.26 Å². The minimum absolute atomic E-state index is 0. The van der Waals surface area contributed by atoms with Crippen molar-refractivity contribution in [3.8, 4) is 0 Å². The Kier molecular flexibility index (Phi) is 11.3. The Morgan fingerprint density at radius 1 is 1.41 bits per heavy atom. The van der Waals surface area contributed by atoms with Gasteiger partial charge in [0.2, 0.25) is 0 Å². The van der Waals surface area contributed by atoms with Gasteiger partial charge in [-0.3, -0.25) is 9.89 Å². The van der Waals surface area contributed by atoms with E-state index in [0.717, 1.165) is 57.4 Å². The van der Waals surface area contributed by atoms with Crippen molar-refractivity contribution in [2.45, 2.75) is 45.3 Å². The normalized spacial score (nSPS) is 19.0. The molecule has 8 heteroatoms. The van der Waals surface area contributed by atoms with Crippen LogP contribution in [-0.4, -0.2) is 73.5 Å². The molecule has 0 spiro atoms. The van der Waals surface area contributed by atoms with E-state index in [-0.39, 0.29) is 24.0 Å². The Bertz CT molecular complexity index is 531. The first-order valence-electron chi connectivity index (χ1n) is 9.58. The summed E-state index contributed by atoms with van der Waals surface area (Å²) in [5.74, 6) is 1.67. The first-order chi connectivity index (χ1) is 12.5. The van der Waals surface area contributed by atoms with Crippen LogP contribution in [0.25, 0.3) is 0 Å². The lowest BCUT2D eigenvalue weighted by atomic mass is 10.1. The minimum Gasteiger partial charge on any atom is -0.469 e. The van der Waals surface area contributed by atoms with Crippen LogP contribution in [0.4, 0.5) is 0 Å². The van der Waals surface area contributed by atoms with Gasteiger partial charge in [-0.1, -0.05) is 6.92 Å². The number of rotatable bonds is 9. The number of guanidine groups is 1. The molecule has 0 radical (unpaired) electrons. The molecule has 2 heterocycles. The summed E-state index contributed by atoms with van der Waals surface area (Å²) in [6.07, 6.45) is 3.48. The molecule has 1 saturated heterocycles. The van der Waals surface area contributed by atoms with Gasteiger partial charge in [0.25, 0.3) is 0 Å². The van der Waals surface area contributed by atoms with E-state index in [4.69, 9.17) is 9.15 Å². The average molecular weight is 494 g/mol. The summed E-state index contributed by atoms with van der Waals surface area (Å²) < 4.78 is 10.7. The molecule has 156 valence electrons. The fraction of sp³-hybridized carbons (Fsp3) is 0.737. The first-order valence-corrected chi connectivity index (χ1v) is 9.58. The number of aliphatic hydroxyl groups is 1. The number of nitrogens with one attached hydrogen (secondary N) is 2. The maximum atomic E-state index is 10.7. The fourth-order valence-electron chi connectivity index (χ4n) is 2.79. The van der Waals surface area contributed by atoms with Crippen LogP contribution in [0, 0.1) is 0 Å². The van der Waals surface area contributed by atoms with Crippen molar-refractivity contribution < 1.29 is 14.3 Å². The van der Waals surface area contributed by atoms with E-state index in [1.165, 1.54) is 0 Å². The van der Waals surface area contributed by atoms with Crippen molar-refractivity contribution in [3.05, 3.63) is 24.2 Å². The number of β-amino-alcohol motifs (C(OH)–C–C–N with tert-alkyl or cyclic N) is 1. The number of ether oxygens (including phenoxy) is 1. The van der Waals surface area contributed by atoms with E-state index in [1.807, 2.05) is 19.1 Å². The number of hydrogen-bond acceptors (Lipinski definition) is 5. The third-order valence-corrected chi connectivity index (χ3v) is 4.49. The number of hydrogen-bond donors (Lipinski definition) is 3. The van der Waals surface area contributed by atoms with Crippen LogP contribution in [0.2, 0.25) is 0 Å². The number of aliphatic imine (C=N–C) groups is 1. The van der Waals surface area contributed by atoms with Gasteiger partial charge in [0.1, 0.15) is 5.76 Å². The highest BCUT2D eigenvalue weighted by atomic mass is 127. The zero-order chi connectivity index (χ0) is 18.8. The minimum atomic E-state index is -0.873. The van der Waals surface area contributed by atoms with Crippen molar-refractivity contribution in [1.82, 2.24) is 15.5 Å². The van der Waals surface area contributed by atoms with Gasteiger partial charge in [-0.15, -0.1) is 24.0 Å². The standard InChI is InChI=1S/C19H34N4O3.HI/c1-4-16(2)22-18(20-8-7-17-6-5-11-26-17)21-14-19(3,24)15-23-9-12-25-13-10-23;/h5-6,11,16,24H,4,7-10,12-15H2,1-3H3,(H2,20,21,22);1H. The summed E-state index contributed by atoms with van der Waals surface area (Å²) >= 11 is 0. The molecule has 1 aliphatic rings. The maximum absolute atomic E-state index is 10.7. The molecular formula is C19H35IN4O3. The van der Waals surface area contributed by atoms with Gasteiger partial charge in [-0.05, 0) is 32.4 Å². The Morgan fingerprint density at radius 2 is 2.15 bits per heavy atom. The summed E-state index contributed by atoms with van der Waals surface area (Å²) in [5, 5.41) is 17.4. The monoisotopic (exact) mass is 494 g/mol. The molecule has 1 aliphatic heterocycles. The maximum Gasteiger partial charge on any atom is 0.191 e. The van der Waals surface area contributed by atoms with Crippen LogP contribution in [0.5, 0.6) is 0 Å². The largest absolute Gasteiger partial charge is 0.469 e. The van der Waals surface area contributed by atoms with Gasteiger partial charge in [0.15, 0.2) is 5.96 Å². The van der Waals surface area contributed by atoms with E-state index < -0.39 is 5.60 Å². The van der Waals surface area contributed by atoms with Crippen LogP contribution in [0.15, 0.2) is 27.8 Å². The van der Waals surface area contributed by atoms with Crippen molar-refractivity contribution >= 4 is 29.9 Å². The molecule has 2 unspecified atom stereocenters. The molecule has 2 atom stereocenters. The topological polar surface area (TPSA) is 82.3 Å². The number of furan rings is 1. The highest BCUT2D eigenvalue weighted by Crippen LogP contribution is 2.09. The highest BCUT2D eigenvalue weighted by Gasteiger charge is 2.25. The zero-order valence-corrected chi connectivity index (χ0v) is 19.1. The van der Waals surface area contributed by atoms with Crippen molar-refractivity contribution in [2.75, 3.05) is 45.9 Å². The Morgan fingerprint density at radius 3 is 2.78 bits per heavy atom. The summed E-state index contributed by atoms with van der Waals surface area (Å²) in [4.78, 5) is 6.85. The quantitative estimate of drug-likeness (QED) is 0.276. The molecule has 0 aliphatic carbocycles. The van der Waals surface area contributed by atoms with Gasteiger partial charge in [-0.2, -0.15) is 0 Å². The van der Waals surface area contributed by atoms with Gasteiger partial charge in [0, 0.05) is 38.6 Å². The van der Waals surface area contributed by atoms with E-state index >= 15 is 0 Å². The van der Waals surface area contributed by atoms with Gasteiger partial charge < -0.3 is 24.9 Å². The molecule has 1 fully saturated rings. The Hall–Kier alpha value is -0.840. The fourth-order valence-corrected chi connectivity index (χ4v) is 2.79. The van der Waals surface area contributed by atoms with E-state index in [9.17, 15) is 5.11 Å². The van der Waals surface area contributed by atoms with Gasteiger partial charge in [-0.25, -0.2) is 0 Å². The summed E-state index contributed by atoms with van der Waals surface area (Å²) in [5.41, 5.74) is -0.873. The molecule has 0 saturated carbocycles. The van der Waals surface area contributed by atoms with E-state index in [0.29, 0.717) is 19.1 Å². The van der Waals surface area contributed by atoms with Crippen LogP contribution < -0.4 is 10.6 Å². The molecular weight excluding hydrogens is 459 g/mol. The second-order valence-corrected chi connectivity index (χ2v) is 7.26. The lowest BCUT2D eigenvalue weighted by Gasteiger charge is -2.33. The molecule has 0 amide bonds. The third-order valence-electron chi connectivity index (χ3n) is 4.49. The molecule has 27 heavy (non-hydrogen) atoms. The van der Waals surface area contributed by atoms with Gasteiger partial charge in [0.05, 0.1) is 31.6 Å². The third kappa shape index (κ3) is 9.77. The van der Waals surface area contributed by atoms with Gasteiger partial charge >= 0.3 is 0 Å². The smallest absolute Gasteiger partial charge is 0.191 e. The van der Waals surface area contributed by atoms with Crippen LogP contribution in [-0.2, 0) is 11.2 Å². The molecule has 2 rings (SSSR count). The molecule has 0 aromatic carbocycles. The lowest BCUT2D eigenvalue weighted by Crippen LogP contribution is -2.48. The van der Waals surface area contributed by atoms with Crippen molar-refractivity contribution in [2.24, 2.45) is 4.99 Å². The van der Waals surface area contributed by atoms with Crippen LogP contribution in [0.3, 0.4) is 0 Å². The van der Waals surface area contributed by atoms with Crippen LogP contribution >= 0.6 is 24.0 Å². The summed E-state index contributed by atoms with van der Waals surface area (Å²) in [7, 11) is 0. The number of morpholine rings is 1. The van der Waals surface area contributed by atoms with Crippen LogP contribution in [0.1, 0.15) is 33.0 Å². The van der Waals surface area contributed by atoms with Crippen molar-refractivity contribution in [3.63, 3.8) is 0 Å². The molecule has 1 aromatic heterocycles. The van der Waals surface area contributed by atoms with E-state index in [2.05, 4.69) is 34.4 Å². The first kappa shape index (κ1) is 24.2. The lowest BCUT2D eigenvalue weighted by molar-refractivity contribution is -0.0180. The molecule has 3 N–H and O–H groups in total. The Labute approximate surface area is 180 Å². The summed E-state index contributed by atoms with van der Waals surface area (Å²) in [6, 6.07) is 4.17. The highest BCUT2D eigenvalue weighted by molar-refractivity contribution is 14.0. The average Bonchev–Trinajstić information content (AvgIpc) is 3.13. The molecule has 7 nitrogen and oxygen atoms in total. The molecule has 1 aromatic rings. The predicted octanol–water partition coefficient (Wildman–Crippen LogP) is 1.86. The number of halogens is 1. The number of nitrogens with zero attached hydrogens (tertiary/aromatic N) is 2. The second-order valence-electron chi connectivity index (χ2n) is 7.26. The molecule has 0 bridgehead atoms.